The summed E-state index contributed by atoms with van der Waals surface area (Å²) in [6, 6.07) is 5.93. The predicted octanol–water partition coefficient (Wildman–Crippen LogP) is 3.93. The number of ether oxygens (including phenoxy) is 2. The molecule has 0 radical (unpaired) electrons. The summed E-state index contributed by atoms with van der Waals surface area (Å²) in [5.74, 6) is 0.784. The zero-order chi connectivity index (χ0) is 18.7. The van der Waals surface area contributed by atoms with E-state index < -0.39 is 20.7 Å². The molecule has 0 saturated carbocycles. The highest BCUT2D eigenvalue weighted by molar-refractivity contribution is 6.74. The molecule has 1 aromatic carbocycles. The van der Waals surface area contributed by atoms with Crippen LogP contribution in [-0.2, 0) is 15.9 Å². The van der Waals surface area contributed by atoms with Crippen LogP contribution in [-0.4, -0.2) is 39.3 Å². The van der Waals surface area contributed by atoms with Gasteiger partial charge < -0.3 is 24.3 Å². The van der Waals surface area contributed by atoms with Crippen molar-refractivity contribution in [2.45, 2.75) is 51.6 Å². The third kappa shape index (κ3) is 5.20. The van der Waals surface area contributed by atoms with Crippen LogP contribution >= 0.6 is 0 Å². The summed E-state index contributed by atoms with van der Waals surface area (Å²) in [6.07, 6.45) is -0.805. The van der Waals surface area contributed by atoms with E-state index >= 15 is 0 Å². The molecule has 1 amide bonds. The first-order chi connectivity index (χ1) is 11.6. The monoisotopic (exact) mass is 367 g/mol. The second kappa shape index (κ2) is 7.76. The summed E-state index contributed by atoms with van der Waals surface area (Å²) in [6.45, 7) is 12.5. The van der Waals surface area contributed by atoms with Gasteiger partial charge in [-0.1, -0.05) is 26.8 Å². The highest BCUT2D eigenvalue weighted by atomic mass is 28.4. The maximum atomic E-state index is 10.6. The Bertz CT molecular complexity index is 606. The number of hydrogen-bond donors (Lipinski definition) is 2. The summed E-state index contributed by atoms with van der Waals surface area (Å²) < 4.78 is 17.8. The molecule has 7 heteroatoms. The maximum absolute atomic E-state index is 10.6. The molecule has 0 spiro atoms. The van der Waals surface area contributed by atoms with E-state index in [-0.39, 0.29) is 5.04 Å². The van der Waals surface area contributed by atoms with Crippen LogP contribution in [0.1, 0.15) is 38.2 Å². The first kappa shape index (κ1) is 19.7. The van der Waals surface area contributed by atoms with E-state index in [1.807, 2.05) is 18.2 Å². The molecule has 1 aromatic rings. The number of benzene rings is 1. The molecule has 0 aromatic heterocycles. The number of carboxylic acid groups (broad SMARTS) is 1. The standard InChI is InChI=1S/C18H29NO5Si/c1-18(2,3)25(4,5)24-15-12-13(8-9-19-17(20)21)6-7-14(15)16-22-10-11-23-16/h6-7,12,16,19H,8-11H2,1-5H3,(H,20,21). The fourth-order valence-corrected chi connectivity index (χ4v) is 3.33. The van der Waals surface area contributed by atoms with Gasteiger partial charge in [0.2, 0.25) is 8.32 Å². The molecule has 1 aliphatic rings. The third-order valence-corrected chi connectivity index (χ3v) is 9.16. The van der Waals surface area contributed by atoms with E-state index in [4.69, 9.17) is 19.0 Å². The number of carbonyl (C=O) groups is 1. The van der Waals surface area contributed by atoms with Crippen LogP contribution in [0.2, 0.25) is 18.1 Å². The number of hydrogen-bond acceptors (Lipinski definition) is 4. The van der Waals surface area contributed by atoms with Crippen molar-refractivity contribution >= 4 is 14.4 Å². The SMILES string of the molecule is CC(C)(C)[Si](C)(C)Oc1cc(CCNC(=O)O)ccc1C1OCCO1. The minimum absolute atomic E-state index is 0.0720. The molecule has 0 bridgehead atoms. The van der Waals surface area contributed by atoms with Crippen LogP contribution in [0.4, 0.5) is 4.79 Å². The summed E-state index contributed by atoms with van der Waals surface area (Å²) in [5, 5.41) is 11.2. The molecule has 2 N–H and O–H groups in total. The summed E-state index contributed by atoms with van der Waals surface area (Å²) in [5.41, 5.74) is 1.92. The number of amides is 1. The molecule has 1 heterocycles. The van der Waals surface area contributed by atoms with Gasteiger partial charge in [-0.05, 0) is 42.2 Å². The highest BCUT2D eigenvalue weighted by Gasteiger charge is 2.40. The van der Waals surface area contributed by atoms with Crippen LogP contribution in [0, 0.1) is 0 Å². The van der Waals surface area contributed by atoms with Gasteiger partial charge in [0.15, 0.2) is 6.29 Å². The fourth-order valence-electron chi connectivity index (χ4n) is 2.30. The Labute approximate surface area is 150 Å². The molecule has 0 unspecified atom stereocenters. The Morgan fingerprint density at radius 3 is 2.52 bits per heavy atom. The first-order valence-electron chi connectivity index (χ1n) is 8.62. The van der Waals surface area contributed by atoms with Gasteiger partial charge in [-0.2, -0.15) is 0 Å². The zero-order valence-electron chi connectivity index (χ0n) is 15.7. The smallest absolute Gasteiger partial charge is 0.404 e. The zero-order valence-corrected chi connectivity index (χ0v) is 16.7. The highest BCUT2D eigenvalue weighted by Crippen LogP contribution is 2.40. The van der Waals surface area contributed by atoms with E-state index in [9.17, 15) is 4.79 Å². The normalized spacial score (nSPS) is 16.0. The molecule has 140 valence electrons. The topological polar surface area (TPSA) is 77.0 Å². The maximum Gasteiger partial charge on any atom is 0.404 e. The van der Waals surface area contributed by atoms with E-state index in [1.54, 1.807) is 0 Å². The lowest BCUT2D eigenvalue weighted by Crippen LogP contribution is -2.44. The van der Waals surface area contributed by atoms with Gasteiger partial charge >= 0.3 is 6.09 Å². The van der Waals surface area contributed by atoms with Crippen molar-refractivity contribution in [1.29, 1.82) is 0 Å². The molecule has 2 rings (SSSR count). The quantitative estimate of drug-likeness (QED) is 0.745. The van der Waals surface area contributed by atoms with Gasteiger partial charge in [0.25, 0.3) is 0 Å². The Morgan fingerprint density at radius 2 is 1.96 bits per heavy atom. The van der Waals surface area contributed by atoms with Gasteiger partial charge in [0.1, 0.15) is 5.75 Å². The Morgan fingerprint density at radius 1 is 1.32 bits per heavy atom. The summed E-state index contributed by atoms with van der Waals surface area (Å²) >= 11 is 0. The average Bonchev–Trinajstić information content (AvgIpc) is 2.99. The molecular formula is C18H29NO5Si. The predicted molar refractivity (Wildman–Crippen MR) is 98.6 cm³/mol. The second-order valence-electron chi connectivity index (χ2n) is 7.79. The Balaban J connectivity index is 2.26. The van der Waals surface area contributed by atoms with Crippen LogP contribution in [0.3, 0.4) is 0 Å². The van der Waals surface area contributed by atoms with Gasteiger partial charge in [0, 0.05) is 12.1 Å². The molecule has 25 heavy (non-hydrogen) atoms. The van der Waals surface area contributed by atoms with E-state index in [0.29, 0.717) is 26.2 Å². The van der Waals surface area contributed by atoms with E-state index in [0.717, 1.165) is 16.9 Å². The van der Waals surface area contributed by atoms with Crippen molar-refractivity contribution in [1.82, 2.24) is 5.32 Å². The Kier molecular flexibility index (Phi) is 6.13. The van der Waals surface area contributed by atoms with Crippen LogP contribution in [0.25, 0.3) is 0 Å². The van der Waals surface area contributed by atoms with Crippen LogP contribution < -0.4 is 9.74 Å². The van der Waals surface area contributed by atoms with Gasteiger partial charge in [-0.25, -0.2) is 4.79 Å². The second-order valence-corrected chi connectivity index (χ2v) is 12.5. The van der Waals surface area contributed by atoms with Crippen molar-refractivity contribution in [3.63, 3.8) is 0 Å². The van der Waals surface area contributed by atoms with Crippen molar-refractivity contribution in [3.8, 4) is 5.75 Å². The van der Waals surface area contributed by atoms with Crippen molar-refractivity contribution < 1.29 is 23.8 Å². The summed E-state index contributed by atoms with van der Waals surface area (Å²) in [7, 11) is -2.02. The minimum atomic E-state index is -2.02. The molecule has 1 aliphatic heterocycles. The number of nitrogens with one attached hydrogen (secondary N) is 1. The van der Waals surface area contributed by atoms with Gasteiger partial charge in [-0.3, -0.25) is 0 Å². The van der Waals surface area contributed by atoms with Crippen molar-refractivity contribution in [3.05, 3.63) is 29.3 Å². The van der Waals surface area contributed by atoms with E-state index in [2.05, 4.69) is 39.2 Å². The lowest BCUT2D eigenvalue weighted by molar-refractivity contribution is -0.0450. The Hall–Kier alpha value is -1.57. The van der Waals surface area contributed by atoms with Crippen LogP contribution in [0.15, 0.2) is 18.2 Å². The molecule has 0 atom stereocenters. The lowest BCUT2D eigenvalue weighted by atomic mass is 10.1. The van der Waals surface area contributed by atoms with Crippen LogP contribution in [0.5, 0.6) is 5.75 Å². The average molecular weight is 368 g/mol. The van der Waals surface area contributed by atoms with Crippen molar-refractivity contribution in [2.75, 3.05) is 19.8 Å². The van der Waals surface area contributed by atoms with Gasteiger partial charge in [-0.15, -0.1) is 0 Å². The molecule has 6 nitrogen and oxygen atoms in total. The molecular weight excluding hydrogens is 338 g/mol. The fraction of sp³-hybridized carbons (Fsp3) is 0.611. The first-order valence-corrected chi connectivity index (χ1v) is 11.5. The van der Waals surface area contributed by atoms with E-state index in [1.165, 1.54) is 0 Å². The van der Waals surface area contributed by atoms with Crippen molar-refractivity contribution in [2.24, 2.45) is 0 Å². The largest absolute Gasteiger partial charge is 0.543 e. The number of rotatable bonds is 6. The summed E-state index contributed by atoms with van der Waals surface area (Å²) in [4.78, 5) is 10.6. The third-order valence-electron chi connectivity index (χ3n) is 4.81. The molecule has 1 fully saturated rings. The lowest BCUT2D eigenvalue weighted by Gasteiger charge is -2.37. The molecule has 0 aliphatic carbocycles. The van der Waals surface area contributed by atoms with Gasteiger partial charge in [0.05, 0.1) is 13.2 Å². The minimum Gasteiger partial charge on any atom is -0.543 e. The molecule has 1 saturated heterocycles.